The summed E-state index contributed by atoms with van der Waals surface area (Å²) < 4.78 is 6.43. The molecule has 0 spiro atoms. The Bertz CT molecular complexity index is 903. The zero-order valence-electron chi connectivity index (χ0n) is 12.2. The molecule has 0 fully saturated rings. The number of non-ortho nitro benzene ring substituents is 1. The number of carbonyl (C=O) groups is 1. The van der Waals surface area contributed by atoms with Crippen molar-refractivity contribution < 1.29 is 14.1 Å². The minimum absolute atomic E-state index is 0.0373. The Morgan fingerprint density at radius 2 is 1.83 bits per heavy atom. The van der Waals surface area contributed by atoms with Crippen LogP contribution in [0.25, 0.3) is 11.3 Å². The Morgan fingerprint density at radius 1 is 1.08 bits per heavy atom. The molecule has 1 N–H and O–H groups in total. The van der Waals surface area contributed by atoms with E-state index in [0.717, 1.165) is 4.47 Å². The van der Waals surface area contributed by atoms with Crippen molar-refractivity contribution in [2.24, 2.45) is 0 Å². The van der Waals surface area contributed by atoms with Crippen molar-refractivity contribution in [2.75, 3.05) is 5.32 Å². The first-order valence-corrected chi connectivity index (χ1v) is 7.74. The van der Waals surface area contributed by atoms with E-state index >= 15 is 0 Å². The van der Waals surface area contributed by atoms with E-state index in [2.05, 4.69) is 21.2 Å². The van der Waals surface area contributed by atoms with E-state index < -0.39 is 10.8 Å². The van der Waals surface area contributed by atoms with Crippen molar-refractivity contribution >= 4 is 33.2 Å². The van der Waals surface area contributed by atoms with E-state index in [4.69, 9.17) is 4.42 Å². The third kappa shape index (κ3) is 3.52. The highest BCUT2D eigenvalue weighted by atomic mass is 79.9. The molecule has 7 heteroatoms. The van der Waals surface area contributed by atoms with Gasteiger partial charge in [-0.2, -0.15) is 0 Å². The molecule has 0 aliphatic heterocycles. The van der Waals surface area contributed by atoms with E-state index in [1.165, 1.54) is 18.2 Å². The Labute approximate surface area is 145 Å². The van der Waals surface area contributed by atoms with Crippen molar-refractivity contribution in [3.8, 4) is 11.3 Å². The number of nitrogens with one attached hydrogen (secondary N) is 1. The largest absolute Gasteiger partial charge is 0.451 e. The van der Waals surface area contributed by atoms with E-state index in [-0.39, 0.29) is 11.4 Å². The molecule has 120 valence electrons. The molecule has 3 rings (SSSR count). The molecule has 0 aliphatic rings. The lowest BCUT2D eigenvalue weighted by molar-refractivity contribution is -0.384. The van der Waals surface area contributed by atoms with Crippen LogP contribution in [0.1, 0.15) is 10.6 Å². The number of furan rings is 1. The van der Waals surface area contributed by atoms with Gasteiger partial charge in [-0.15, -0.1) is 0 Å². The highest BCUT2D eigenvalue weighted by molar-refractivity contribution is 9.10. The molecular weight excluding hydrogens is 376 g/mol. The number of benzene rings is 2. The van der Waals surface area contributed by atoms with Crippen LogP contribution >= 0.6 is 15.9 Å². The number of nitro benzene ring substituents is 1. The van der Waals surface area contributed by atoms with Crippen LogP contribution in [0, 0.1) is 10.1 Å². The van der Waals surface area contributed by atoms with Gasteiger partial charge in [0.2, 0.25) is 0 Å². The molecule has 0 radical (unpaired) electrons. The first-order valence-electron chi connectivity index (χ1n) is 6.94. The molecule has 1 heterocycles. The van der Waals surface area contributed by atoms with Gasteiger partial charge in [0.1, 0.15) is 5.76 Å². The molecule has 0 bridgehead atoms. The molecule has 2 aromatic carbocycles. The van der Waals surface area contributed by atoms with Crippen LogP contribution in [0.15, 0.2) is 69.6 Å². The van der Waals surface area contributed by atoms with Gasteiger partial charge in [0.25, 0.3) is 11.6 Å². The van der Waals surface area contributed by atoms with Gasteiger partial charge < -0.3 is 9.73 Å². The number of hydrogen-bond donors (Lipinski definition) is 1. The second kappa shape index (κ2) is 6.67. The average molecular weight is 387 g/mol. The standard InChI is InChI=1S/C17H11BrN2O4/c18-12-4-6-13(7-5-12)19-17(21)16-9-8-15(24-16)11-2-1-3-14(10-11)20(22)23/h1-10H,(H,19,21). The quantitative estimate of drug-likeness (QED) is 0.511. The third-order valence-electron chi connectivity index (χ3n) is 3.27. The first kappa shape index (κ1) is 15.9. The molecule has 1 aromatic heterocycles. The fourth-order valence-electron chi connectivity index (χ4n) is 2.11. The van der Waals surface area contributed by atoms with Crippen LogP contribution in [0.4, 0.5) is 11.4 Å². The predicted octanol–water partition coefficient (Wildman–Crippen LogP) is 4.87. The number of hydrogen-bond acceptors (Lipinski definition) is 4. The van der Waals surface area contributed by atoms with Crippen molar-refractivity contribution in [2.45, 2.75) is 0 Å². The number of carbonyl (C=O) groups excluding carboxylic acids is 1. The molecule has 24 heavy (non-hydrogen) atoms. The number of rotatable bonds is 4. The van der Waals surface area contributed by atoms with E-state index in [0.29, 0.717) is 17.0 Å². The summed E-state index contributed by atoms with van der Waals surface area (Å²) in [6.07, 6.45) is 0. The van der Waals surface area contributed by atoms with Gasteiger partial charge in [-0.05, 0) is 36.4 Å². The van der Waals surface area contributed by atoms with Crippen LogP contribution < -0.4 is 5.32 Å². The molecule has 0 atom stereocenters. The monoisotopic (exact) mass is 386 g/mol. The molecule has 0 unspecified atom stereocenters. The molecule has 0 saturated carbocycles. The van der Waals surface area contributed by atoms with Crippen LogP contribution in [-0.2, 0) is 0 Å². The normalized spacial score (nSPS) is 10.4. The lowest BCUT2D eigenvalue weighted by Gasteiger charge is -2.03. The number of anilines is 1. The maximum atomic E-state index is 12.2. The van der Waals surface area contributed by atoms with E-state index in [1.807, 2.05) is 12.1 Å². The summed E-state index contributed by atoms with van der Waals surface area (Å²) in [4.78, 5) is 22.5. The van der Waals surface area contributed by atoms with Gasteiger partial charge >= 0.3 is 0 Å². The summed E-state index contributed by atoms with van der Waals surface area (Å²) in [5.41, 5.74) is 1.13. The fraction of sp³-hybridized carbons (Fsp3) is 0. The number of nitrogens with zero attached hydrogens (tertiary/aromatic N) is 1. The van der Waals surface area contributed by atoms with Gasteiger partial charge in [0, 0.05) is 27.9 Å². The lowest BCUT2D eigenvalue weighted by Crippen LogP contribution is -2.10. The van der Waals surface area contributed by atoms with E-state index in [1.54, 1.807) is 30.3 Å². The zero-order chi connectivity index (χ0) is 17.1. The van der Waals surface area contributed by atoms with Gasteiger partial charge in [-0.3, -0.25) is 14.9 Å². The van der Waals surface area contributed by atoms with Crippen LogP contribution in [0.2, 0.25) is 0 Å². The Balaban J connectivity index is 1.80. The number of amides is 1. The summed E-state index contributed by atoms with van der Waals surface area (Å²) in [6.45, 7) is 0. The van der Waals surface area contributed by atoms with Gasteiger partial charge in [-0.1, -0.05) is 28.1 Å². The fourth-order valence-corrected chi connectivity index (χ4v) is 2.38. The van der Waals surface area contributed by atoms with Crippen molar-refractivity contribution in [1.29, 1.82) is 0 Å². The van der Waals surface area contributed by atoms with Crippen LogP contribution in [0.5, 0.6) is 0 Å². The summed E-state index contributed by atoms with van der Waals surface area (Å²) in [5.74, 6) is 0.119. The Hall–Kier alpha value is -2.93. The maximum absolute atomic E-state index is 12.2. The molecular formula is C17H11BrN2O4. The average Bonchev–Trinajstić information content (AvgIpc) is 3.07. The second-order valence-corrected chi connectivity index (χ2v) is 5.85. The highest BCUT2D eigenvalue weighted by Gasteiger charge is 2.14. The van der Waals surface area contributed by atoms with Gasteiger partial charge in [0.05, 0.1) is 4.92 Å². The first-order chi connectivity index (χ1) is 11.5. The molecule has 0 saturated heterocycles. The minimum atomic E-state index is -0.479. The smallest absolute Gasteiger partial charge is 0.291 e. The molecule has 0 aliphatic carbocycles. The summed E-state index contributed by atoms with van der Waals surface area (Å²) >= 11 is 3.32. The maximum Gasteiger partial charge on any atom is 0.291 e. The predicted molar refractivity (Wildman–Crippen MR) is 92.9 cm³/mol. The van der Waals surface area contributed by atoms with Crippen molar-refractivity contribution in [1.82, 2.24) is 0 Å². The van der Waals surface area contributed by atoms with Crippen molar-refractivity contribution in [3.63, 3.8) is 0 Å². The number of halogens is 1. The summed E-state index contributed by atoms with van der Waals surface area (Å²) in [5, 5.41) is 13.6. The topological polar surface area (TPSA) is 85.4 Å². The van der Waals surface area contributed by atoms with E-state index in [9.17, 15) is 14.9 Å². The SMILES string of the molecule is O=C(Nc1ccc(Br)cc1)c1ccc(-c2cccc([N+](=O)[O-])c2)o1. The van der Waals surface area contributed by atoms with Gasteiger partial charge in [0.15, 0.2) is 5.76 Å². The van der Waals surface area contributed by atoms with Crippen LogP contribution in [-0.4, -0.2) is 10.8 Å². The third-order valence-corrected chi connectivity index (χ3v) is 3.80. The highest BCUT2D eigenvalue weighted by Crippen LogP contribution is 2.26. The Kier molecular flexibility index (Phi) is 4.43. The van der Waals surface area contributed by atoms with Crippen molar-refractivity contribution in [3.05, 3.63) is 81.0 Å². The molecule has 6 nitrogen and oxygen atoms in total. The van der Waals surface area contributed by atoms with Gasteiger partial charge in [-0.25, -0.2) is 0 Å². The molecule has 1 amide bonds. The zero-order valence-corrected chi connectivity index (χ0v) is 13.8. The molecule has 3 aromatic rings. The summed E-state index contributed by atoms with van der Waals surface area (Å²) in [7, 11) is 0. The Morgan fingerprint density at radius 3 is 2.54 bits per heavy atom. The minimum Gasteiger partial charge on any atom is -0.451 e. The number of nitro groups is 1. The second-order valence-electron chi connectivity index (χ2n) is 4.93. The van der Waals surface area contributed by atoms with Crippen LogP contribution in [0.3, 0.4) is 0 Å². The summed E-state index contributed by atoms with van der Waals surface area (Å²) in [6, 6.07) is 16.3. The lowest BCUT2D eigenvalue weighted by atomic mass is 10.1.